The molecule has 0 aromatic heterocycles. The highest BCUT2D eigenvalue weighted by atomic mass is 16.5. The van der Waals surface area contributed by atoms with Crippen LogP contribution in [0.5, 0.6) is 0 Å². The minimum Gasteiger partial charge on any atom is -0.493 e. The van der Waals surface area contributed by atoms with Crippen LogP contribution in [-0.4, -0.2) is 53.3 Å². The Bertz CT molecular complexity index is 211. The van der Waals surface area contributed by atoms with Gasteiger partial charge in [0.05, 0.1) is 12.9 Å². The predicted molar refractivity (Wildman–Crippen MR) is 51.2 cm³/mol. The first-order valence-electron chi connectivity index (χ1n) is 4.35. The van der Waals surface area contributed by atoms with Crippen LogP contribution in [0.25, 0.3) is 0 Å². The van der Waals surface area contributed by atoms with Gasteiger partial charge in [0.2, 0.25) is 0 Å². The molecule has 0 aromatic carbocycles. The normalized spacial score (nSPS) is 28.7. The Hall–Kier alpha value is -1.11. The Morgan fingerprint density at radius 2 is 2.07 bits per heavy atom. The largest absolute Gasteiger partial charge is 0.493 e. The number of ether oxygens (including phenoxy) is 2. The number of hydrogen-bond acceptors (Lipinski definition) is 5. The van der Waals surface area contributed by atoms with E-state index in [-0.39, 0.29) is 6.61 Å². The Kier molecular flexibility index (Phi) is 6.68. The molecule has 0 aliphatic carbocycles. The van der Waals surface area contributed by atoms with Crippen molar-refractivity contribution in [2.24, 2.45) is 0 Å². The number of carboxylic acids is 1. The van der Waals surface area contributed by atoms with Crippen LogP contribution in [0.2, 0.25) is 0 Å². The van der Waals surface area contributed by atoms with Crippen molar-refractivity contribution in [2.45, 2.75) is 25.2 Å². The van der Waals surface area contributed by atoms with Crippen molar-refractivity contribution in [3.8, 4) is 0 Å². The molecule has 6 nitrogen and oxygen atoms in total. The average molecular weight is 220 g/mol. The van der Waals surface area contributed by atoms with E-state index in [9.17, 15) is 5.11 Å². The monoisotopic (exact) mass is 220 g/mol. The van der Waals surface area contributed by atoms with Gasteiger partial charge < -0.3 is 24.8 Å². The molecule has 0 aromatic rings. The predicted octanol–water partition coefficient (Wildman–Crippen LogP) is -0.642. The number of aliphatic carboxylic acids is 1. The van der Waals surface area contributed by atoms with E-state index in [0.717, 1.165) is 6.92 Å². The molecule has 1 aliphatic rings. The summed E-state index contributed by atoms with van der Waals surface area (Å²) >= 11 is 0. The molecule has 0 fully saturated rings. The molecule has 1 rings (SSSR count). The second-order valence-corrected chi connectivity index (χ2v) is 2.96. The molecule has 1 aliphatic heterocycles. The minimum atomic E-state index is -0.889. The van der Waals surface area contributed by atoms with Gasteiger partial charge in [0.1, 0.15) is 18.3 Å². The van der Waals surface area contributed by atoms with E-state index in [1.165, 1.54) is 19.4 Å². The van der Waals surface area contributed by atoms with E-state index in [1.54, 1.807) is 0 Å². The SMILES string of the molecule is CC(=O)O.COCC1OC=CC(O)C1O. The van der Waals surface area contributed by atoms with E-state index in [2.05, 4.69) is 0 Å². The van der Waals surface area contributed by atoms with Crippen LogP contribution in [-0.2, 0) is 14.3 Å². The number of carbonyl (C=O) groups is 1. The number of hydrogen-bond donors (Lipinski definition) is 3. The van der Waals surface area contributed by atoms with E-state index in [0.29, 0.717) is 0 Å². The highest BCUT2D eigenvalue weighted by Crippen LogP contribution is 2.11. The number of aliphatic hydroxyl groups is 2. The van der Waals surface area contributed by atoms with Crippen molar-refractivity contribution < 1.29 is 29.6 Å². The zero-order chi connectivity index (χ0) is 11.8. The summed E-state index contributed by atoms with van der Waals surface area (Å²) in [5.74, 6) is -0.833. The first kappa shape index (κ1) is 13.9. The fourth-order valence-electron chi connectivity index (χ4n) is 0.943. The van der Waals surface area contributed by atoms with Gasteiger partial charge in [-0.25, -0.2) is 0 Å². The van der Waals surface area contributed by atoms with Gasteiger partial charge >= 0.3 is 0 Å². The van der Waals surface area contributed by atoms with Crippen LogP contribution in [0, 0.1) is 0 Å². The molecule has 0 radical (unpaired) electrons. The number of carboxylic acid groups (broad SMARTS) is 1. The summed E-state index contributed by atoms with van der Waals surface area (Å²) in [7, 11) is 1.51. The summed E-state index contributed by atoms with van der Waals surface area (Å²) in [6.07, 6.45) is 0.585. The lowest BCUT2D eigenvalue weighted by atomic mass is 10.1. The molecule has 1 heterocycles. The molecule has 3 atom stereocenters. The van der Waals surface area contributed by atoms with Crippen LogP contribution in [0.15, 0.2) is 12.3 Å². The molecule has 15 heavy (non-hydrogen) atoms. The fourth-order valence-corrected chi connectivity index (χ4v) is 0.943. The van der Waals surface area contributed by atoms with Gasteiger partial charge in [-0.05, 0) is 6.08 Å². The quantitative estimate of drug-likeness (QED) is 0.572. The van der Waals surface area contributed by atoms with Crippen LogP contribution in [0.3, 0.4) is 0 Å². The van der Waals surface area contributed by atoms with Crippen molar-refractivity contribution in [2.75, 3.05) is 13.7 Å². The molecule has 0 saturated carbocycles. The van der Waals surface area contributed by atoms with Crippen molar-refractivity contribution in [3.05, 3.63) is 12.3 Å². The van der Waals surface area contributed by atoms with Crippen LogP contribution < -0.4 is 0 Å². The summed E-state index contributed by atoms with van der Waals surface area (Å²) in [5, 5.41) is 25.8. The highest BCUT2D eigenvalue weighted by Gasteiger charge is 2.28. The lowest BCUT2D eigenvalue weighted by Gasteiger charge is -2.27. The third kappa shape index (κ3) is 6.05. The summed E-state index contributed by atoms with van der Waals surface area (Å²) in [5.41, 5.74) is 0. The van der Waals surface area contributed by atoms with Crippen molar-refractivity contribution in [3.63, 3.8) is 0 Å². The van der Waals surface area contributed by atoms with E-state index >= 15 is 0 Å². The Labute approximate surface area is 87.7 Å². The second kappa shape index (κ2) is 7.22. The van der Waals surface area contributed by atoms with Gasteiger partial charge in [-0.1, -0.05) is 0 Å². The zero-order valence-corrected chi connectivity index (χ0v) is 8.66. The molecule has 6 heteroatoms. The Morgan fingerprint density at radius 3 is 2.53 bits per heavy atom. The summed E-state index contributed by atoms with van der Waals surface area (Å²) in [4.78, 5) is 9.00. The van der Waals surface area contributed by atoms with Crippen LogP contribution in [0.4, 0.5) is 0 Å². The van der Waals surface area contributed by atoms with Crippen molar-refractivity contribution in [1.82, 2.24) is 0 Å². The molecular formula is C9H16O6. The van der Waals surface area contributed by atoms with E-state index in [4.69, 9.17) is 24.5 Å². The smallest absolute Gasteiger partial charge is 0.300 e. The maximum absolute atomic E-state index is 9.26. The molecule has 0 spiro atoms. The first-order valence-corrected chi connectivity index (χ1v) is 4.35. The lowest BCUT2D eigenvalue weighted by molar-refractivity contribution is -0.134. The standard InChI is InChI=1S/C7H12O4.C2H4O2/c1-10-4-6-7(9)5(8)2-3-11-6;1-2(3)4/h2-3,5-9H,4H2,1H3;1H3,(H,3,4). The van der Waals surface area contributed by atoms with Gasteiger partial charge in [0, 0.05) is 14.0 Å². The zero-order valence-electron chi connectivity index (χ0n) is 8.66. The molecule has 0 bridgehead atoms. The topological polar surface area (TPSA) is 96.2 Å². The average Bonchev–Trinajstić information content (AvgIpc) is 2.12. The van der Waals surface area contributed by atoms with Gasteiger partial charge in [-0.15, -0.1) is 0 Å². The summed E-state index contributed by atoms with van der Waals surface area (Å²) in [6.45, 7) is 1.36. The summed E-state index contributed by atoms with van der Waals surface area (Å²) < 4.78 is 9.76. The first-order chi connectivity index (χ1) is 6.99. The molecule has 3 unspecified atom stereocenters. The molecule has 3 N–H and O–H groups in total. The number of rotatable bonds is 2. The number of methoxy groups -OCH3 is 1. The Morgan fingerprint density at radius 1 is 1.53 bits per heavy atom. The van der Waals surface area contributed by atoms with E-state index in [1.807, 2.05) is 0 Å². The third-order valence-electron chi connectivity index (χ3n) is 1.59. The molecular weight excluding hydrogens is 204 g/mol. The minimum absolute atomic E-state index is 0.280. The Balaban J connectivity index is 0.000000423. The molecule has 0 saturated heterocycles. The fraction of sp³-hybridized carbons (Fsp3) is 0.667. The maximum atomic E-state index is 9.26. The van der Waals surface area contributed by atoms with Gasteiger partial charge in [-0.3, -0.25) is 4.79 Å². The van der Waals surface area contributed by atoms with Crippen molar-refractivity contribution in [1.29, 1.82) is 0 Å². The summed E-state index contributed by atoms with van der Waals surface area (Å²) in [6, 6.07) is 0. The third-order valence-corrected chi connectivity index (χ3v) is 1.59. The van der Waals surface area contributed by atoms with Gasteiger partial charge in [-0.2, -0.15) is 0 Å². The van der Waals surface area contributed by atoms with Crippen LogP contribution >= 0.6 is 0 Å². The van der Waals surface area contributed by atoms with Crippen molar-refractivity contribution >= 4 is 5.97 Å². The number of aliphatic hydroxyl groups excluding tert-OH is 2. The molecule has 0 amide bonds. The van der Waals surface area contributed by atoms with Gasteiger partial charge in [0.15, 0.2) is 0 Å². The van der Waals surface area contributed by atoms with Gasteiger partial charge in [0.25, 0.3) is 5.97 Å². The van der Waals surface area contributed by atoms with Crippen LogP contribution in [0.1, 0.15) is 6.92 Å². The lowest BCUT2D eigenvalue weighted by Crippen LogP contribution is -2.42. The van der Waals surface area contributed by atoms with E-state index < -0.39 is 24.3 Å². The molecule has 88 valence electrons. The maximum Gasteiger partial charge on any atom is 0.300 e. The second-order valence-electron chi connectivity index (χ2n) is 2.96. The highest BCUT2D eigenvalue weighted by molar-refractivity contribution is 5.62.